The van der Waals surface area contributed by atoms with Crippen molar-refractivity contribution in [2.45, 2.75) is 26.3 Å². The van der Waals surface area contributed by atoms with E-state index in [0.717, 1.165) is 0 Å². The van der Waals surface area contributed by atoms with Gasteiger partial charge in [0.15, 0.2) is 0 Å². The largest absolute Gasteiger partial charge is 0.361 e. The second kappa shape index (κ2) is 3.51. The fourth-order valence-corrected chi connectivity index (χ4v) is 1.51. The van der Waals surface area contributed by atoms with Crippen molar-refractivity contribution in [3.63, 3.8) is 0 Å². The molecule has 2 amide bonds. The van der Waals surface area contributed by atoms with Crippen molar-refractivity contribution < 1.29 is 14.3 Å². The van der Waals surface area contributed by atoms with Crippen LogP contribution in [0.1, 0.15) is 13.8 Å². The van der Waals surface area contributed by atoms with E-state index in [1.165, 1.54) is 0 Å². The molecule has 0 aromatic rings. The lowest BCUT2D eigenvalue weighted by atomic mass is 9.87. The Labute approximate surface area is 77.8 Å². The van der Waals surface area contributed by atoms with Gasteiger partial charge in [0.2, 0.25) is 0 Å². The van der Waals surface area contributed by atoms with Crippen LogP contribution >= 0.6 is 0 Å². The molecule has 0 aliphatic carbocycles. The Morgan fingerprint density at radius 2 is 1.54 bits per heavy atom. The molecule has 13 heavy (non-hydrogen) atoms. The fraction of sp³-hybridized carbons (Fsp3) is 0.875. The second-order valence-electron chi connectivity index (χ2n) is 3.67. The number of amides is 2. The van der Waals surface area contributed by atoms with E-state index >= 15 is 0 Å². The van der Waals surface area contributed by atoms with E-state index in [0.29, 0.717) is 0 Å². The smallest absolute Gasteiger partial charge is 0.318 e. The molecule has 76 valence electrons. The summed E-state index contributed by atoms with van der Waals surface area (Å²) in [6.45, 7) is 3.92. The molecule has 5 heteroatoms. The van der Waals surface area contributed by atoms with Gasteiger partial charge in [-0.25, -0.2) is 4.79 Å². The maximum absolute atomic E-state index is 11.1. The zero-order chi connectivity index (χ0) is 10.1. The molecular formula is C8H16N2O3. The molecule has 0 saturated carbocycles. The average molecular weight is 188 g/mol. The predicted octanol–water partition coefficient (Wildman–Crippen LogP) is 0.270. The molecule has 0 spiro atoms. The number of nitrogens with one attached hydrogen (secondary N) is 2. The van der Waals surface area contributed by atoms with Crippen LogP contribution in [0.3, 0.4) is 0 Å². The number of hydrogen-bond acceptors (Lipinski definition) is 3. The first-order chi connectivity index (χ1) is 6.02. The van der Waals surface area contributed by atoms with Gasteiger partial charge in [0.25, 0.3) is 0 Å². The number of rotatable bonds is 2. The second-order valence-corrected chi connectivity index (χ2v) is 3.67. The Balaban J connectivity index is 2.80. The molecule has 1 rings (SSSR count). The first-order valence-electron chi connectivity index (χ1n) is 4.15. The highest BCUT2D eigenvalue weighted by Crippen LogP contribution is 2.28. The third kappa shape index (κ3) is 1.76. The minimum atomic E-state index is -0.328. The van der Waals surface area contributed by atoms with Gasteiger partial charge < -0.3 is 20.1 Å². The third-order valence-corrected chi connectivity index (χ3v) is 2.35. The number of urea groups is 1. The Hall–Kier alpha value is -0.810. The van der Waals surface area contributed by atoms with Crippen LogP contribution in [0.5, 0.6) is 0 Å². The summed E-state index contributed by atoms with van der Waals surface area (Å²) in [5, 5.41) is 5.34. The molecule has 1 saturated heterocycles. The molecular weight excluding hydrogens is 172 g/mol. The monoisotopic (exact) mass is 188 g/mol. The van der Waals surface area contributed by atoms with Crippen molar-refractivity contribution in [3.8, 4) is 0 Å². The summed E-state index contributed by atoms with van der Waals surface area (Å²) in [4.78, 5) is 11.1. The summed E-state index contributed by atoms with van der Waals surface area (Å²) in [5.74, 6) is 0. The lowest BCUT2D eigenvalue weighted by molar-refractivity contribution is -0.115. The molecule has 0 aromatic heterocycles. The maximum Gasteiger partial charge on any atom is 0.318 e. The van der Waals surface area contributed by atoms with Crippen molar-refractivity contribution in [1.29, 1.82) is 0 Å². The molecule has 1 heterocycles. The highest BCUT2D eigenvalue weighted by molar-refractivity contribution is 5.75. The van der Waals surface area contributed by atoms with Crippen molar-refractivity contribution in [2.24, 2.45) is 5.41 Å². The molecule has 2 atom stereocenters. The van der Waals surface area contributed by atoms with Gasteiger partial charge in [-0.05, 0) is 0 Å². The van der Waals surface area contributed by atoms with E-state index in [4.69, 9.17) is 9.47 Å². The molecule has 2 unspecified atom stereocenters. The van der Waals surface area contributed by atoms with Crippen LogP contribution in [0, 0.1) is 5.41 Å². The Morgan fingerprint density at radius 1 is 1.15 bits per heavy atom. The molecule has 5 nitrogen and oxygen atoms in total. The van der Waals surface area contributed by atoms with E-state index in [9.17, 15) is 4.79 Å². The van der Waals surface area contributed by atoms with Gasteiger partial charge in [-0.3, -0.25) is 0 Å². The summed E-state index contributed by atoms with van der Waals surface area (Å²) in [6.07, 6.45) is -0.655. The van der Waals surface area contributed by atoms with Gasteiger partial charge >= 0.3 is 6.03 Å². The van der Waals surface area contributed by atoms with Crippen molar-refractivity contribution in [2.75, 3.05) is 14.2 Å². The maximum atomic E-state index is 11.1. The highest BCUT2D eigenvalue weighted by atomic mass is 16.5. The van der Waals surface area contributed by atoms with E-state index in [1.54, 1.807) is 14.2 Å². The zero-order valence-electron chi connectivity index (χ0n) is 8.38. The molecule has 2 N–H and O–H groups in total. The van der Waals surface area contributed by atoms with E-state index in [-0.39, 0.29) is 23.9 Å². The van der Waals surface area contributed by atoms with Gasteiger partial charge in [0.05, 0.1) is 5.41 Å². The molecule has 1 fully saturated rings. The predicted molar refractivity (Wildman–Crippen MR) is 47.0 cm³/mol. The van der Waals surface area contributed by atoms with Crippen LogP contribution in [-0.2, 0) is 9.47 Å². The lowest BCUT2D eigenvalue weighted by Crippen LogP contribution is -2.65. The average Bonchev–Trinajstić information content (AvgIpc) is 2.08. The number of carbonyl (C=O) groups is 1. The summed E-state index contributed by atoms with van der Waals surface area (Å²) >= 11 is 0. The van der Waals surface area contributed by atoms with Crippen molar-refractivity contribution in [3.05, 3.63) is 0 Å². The highest BCUT2D eigenvalue weighted by Gasteiger charge is 2.43. The van der Waals surface area contributed by atoms with Gasteiger partial charge in [0.1, 0.15) is 12.5 Å². The molecule has 0 aromatic carbocycles. The molecule has 0 bridgehead atoms. The number of ether oxygens (including phenoxy) is 2. The standard InChI is InChI=1S/C8H16N2O3/c1-8(2)5(12-3)9-7(11)10-6(8)13-4/h5-6H,1-4H3,(H2,9,10,11). The zero-order valence-corrected chi connectivity index (χ0v) is 8.38. The Bertz CT molecular complexity index is 188. The van der Waals surface area contributed by atoms with Gasteiger partial charge in [-0.1, -0.05) is 13.8 Å². The van der Waals surface area contributed by atoms with Gasteiger partial charge in [-0.15, -0.1) is 0 Å². The number of carbonyl (C=O) groups excluding carboxylic acids is 1. The molecule has 0 radical (unpaired) electrons. The van der Waals surface area contributed by atoms with E-state index < -0.39 is 0 Å². The normalized spacial score (nSPS) is 32.2. The lowest BCUT2D eigenvalue weighted by Gasteiger charge is -2.43. The van der Waals surface area contributed by atoms with Crippen LogP contribution in [0.25, 0.3) is 0 Å². The third-order valence-electron chi connectivity index (χ3n) is 2.35. The minimum Gasteiger partial charge on any atom is -0.361 e. The summed E-state index contributed by atoms with van der Waals surface area (Å²) in [6, 6.07) is -0.266. The van der Waals surface area contributed by atoms with Crippen LogP contribution in [-0.4, -0.2) is 32.7 Å². The quantitative estimate of drug-likeness (QED) is 0.654. The van der Waals surface area contributed by atoms with Crippen molar-refractivity contribution in [1.82, 2.24) is 10.6 Å². The molecule has 1 aliphatic heterocycles. The Morgan fingerprint density at radius 3 is 1.85 bits per heavy atom. The summed E-state index contributed by atoms with van der Waals surface area (Å²) < 4.78 is 10.3. The number of hydrogen-bond donors (Lipinski definition) is 2. The van der Waals surface area contributed by atoms with Gasteiger partial charge in [-0.2, -0.15) is 0 Å². The fourth-order valence-electron chi connectivity index (χ4n) is 1.51. The SMILES string of the molecule is COC1NC(=O)NC(OC)C1(C)C. The minimum absolute atomic E-state index is 0.266. The topological polar surface area (TPSA) is 59.6 Å². The first-order valence-corrected chi connectivity index (χ1v) is 4.15. The van der Waals surface area contributed by atoms with Crippen LogP contribution in [0.4, 0.5) is 4.79 Å². The van der Waals surface area contributed by atoms with E-state index in [2.05, 4.69) is 10.6 Å². The summed E-state index contributed by atoms with van der Waals surface area (Å²) in [7, 11) is 3.12. The summed E-state index contributed by atoms with van der Waals surface area (Å²) in [5.41, 5.74) is -0.294. The molecule has 1 aliphatic rings. The van der Waals surface area contributed by atoms with Crippen LogP contribution < -0.4 is 10.6 Å². The van der Waals surface area contributed by atoms with E-state index in [1.807, 2.05) is 13.8 Å². The van der Waals surface area contributed by atoms with Crippen LogP contribution in [0.15, 0.2) is 0 Å². The van der Waals surface area contributed by atoms with Crippen LogP contribution in [0.2, 0.25) is 0 Å². The van der Waals surface area contributed by atoms with Crippen molar-refractivity contribution >= 4 is 6.03 Å². The Kier molecular flexibility index (Phi) is 2.77. The first kappa shape index (κ1) is 10.3. The number of methoxy groups -OCH3 is 2. The van der Waals surface area contributed by atoms with Gasteiger partial charge in [0, 0.05) is 14.2 Å².